The van der Waals surface area contributed by atoms with E-state index in [4.69, 9.17) is 15.2 Å². The minimum atomic E-state index is -0.852. The number of rotatable bonds is 6. The summed E-state index contributed by atoms with van der Waals surface area (Å²) in [7, 11) is 2.86. The van der Waals surface area contributed by atoms with Crippen molar-refractivity contribution in [3.8, 4) is 11.5 Å². The summed E-state index contributed by atoms with van der Waals surface area (Å²) in [6.07, 6.45) is 0. The molecule has 0 saturated heterocycles. The lowest BCUT2D eigenvalue weighted by Crippen LogP contribution is -2.22. The van der Waals surface area contributed by atoms with Gasteiger partial charge >= 0.3 is 5.97 Å². The highest BCUT2D eigenvalue weighted by Gasteiger charge is 2.18. The Balaban J connectivity index is 0.00000264. The Morgan fingerprint density at radius 2 is 1.78 bits per heavy atom. The maximum Gasteiger partial charge on any atom is 0.327 e. The molecule has 0 spiro atoms. The summed E-state index contributed by atoms with van der Waals surface area (Å²) in [5.41, 5.74) is 7.49. The van der Waals surface area contributed by atoms with E-state index in [2.05, 4.69) is 4.74 Å². The van der Waals surface area contributed by atoms with E-state index in [0.29, 0.717) is 23.7 Å². The molecule has 0 bridgehead atoms. The van der Waals surface area contributed by atoms with Crippen LogP contribution in [0.3, 0.4) is 0 Å². The predicted octanol–water partition coefficient (Wildman–Crippen LogP) is 2.87. The molecule has 124 valence electrons. The number of halogens is 1. The molecular weight excluding hydrogens is 318 g/mol. The molecule has 0 fully saturated rings. The number of esters is 1. The van der Waals surface area contributed by atoms with Crippen molar-refractivity contribution < 1.29 is 19.0 Å². The van der Waals surface area contributed by atoms with Crippen LogP contribution in [-0.4, -0.2) is 20.2 Å². The fraction of sp³-hybridized carbons (Fsp3) is 0.235. The molecule has 0 saturated carbocycles. The van der Waals surface area contributed by atoms with Gasteiger partial charge in [0, 0.05) is 0 Å². The van der Waals surface area contributed by atoms with Gasteiger partial charge in [0.2, 0.25) is 0 Å². The van der Waals surface area contributed by atoms with E-state index in [-0.39, 0.29) is 12.4 Å². The lowest BCUT2D eigenvalue weighted by Gasteiger charge is -2.15. The first-order valence-electron chi connectivity index (χ1n) is 6.83. The van der Waals surface area contributed by atoms with Gasteiger partial charge in [0.25, 0.3) is 0 Å². The van der Waals surface area contributed by atoms with Crippen LogP contribution in [0.15, 0.2) is 48.5 Å². The first-order valence-corrected chi connectivity index (χ1v) is 6.83. The Kier molecular flexibility index (Phi) is 7.38. The summed E-state index contributed by atoms with van der Waals surface area (Å²) >= 11 is 0. The van der Waals surface area contributed by atoms with Crippen LogP contribution in [0.5, 0.6) is 11.5 Å². The highest BCUT2D eigenvalue weighted by Crippen LogP contribution is 2.30. The van der Waals surface area contributed by atoms with Gasteiger partial charge in [0.1, 0.15) is 12.6 Å². The van der Waals surface area contributed by atoms with Crippen molar-refractivity contribution in [1.82, 2.24) is 0 Å². The lowest BCUT2D eigenvalue weighted by atomic mass is 10.1. The topological polar surface area (TPSA) is 70.8 Å². The number of methoxy groups -OCH3 is 2. The van der Waals surface area contributed by atoms with Gasteiger partial charge in [-0.2, -0.15) is 0 Å². The highest BCUT2D eigenvalue weighted by atomic mass is 35.5. The van der Waals surface area contributed by atoms with Crippen LogP contribution < -0.4 is 15.2 Å². The van der Waals surface area contributed by atoms with Crippen molar-refractivity contribution in [3.05, 3.63) is 59.7 Å². The molecule has 23 heavy (non-hydrogen) atoms. The summed E-state index contributed by atoms with van der Waals surface area (Å²) in [4.78, 5) is 11.5. The largest absolute Gasteiger partial charge is 0.493 e. The number of benzene rings is 2. The van der Waals surface area contributed by atoms with Gasteiger partial charge in [-0.15, -0.1) is 12.4 Å². The third-order valence-electron chi connectivity index (χ3n) is 3.24. The van der Waals surface area contributed by atoms with Gasteiger partial charge in [-0.25, -0.2) is 0 Å². The van der Waals surface area contributed by atoms with E-state index in [1.54, 1.807) is 25.3 Å². The number of ether oxygens (including phenoxy) is 3. The van der Waals surface area contributed by atoms with E-state index < -0.39 is 12.0 Å². The molecule has 0 amide bonds. The molecule has 2 N–H and O–H groups in total. The molecule has 0 unspecified atom stereocenters. The van der Waals surface area contributed by atoms with Crippen LogP contribution in [0.2, 0.25) is 0 Å². The quantitative estimate of drug-likeness (QED) is 0.821. The van der Waals surface area contributed by atoms with Crippen molar-refractivity contribution in [2.45, 2.75) is 12.6 Å². The van der Waals surface area contributed by atoms with Crippen molar-refractivity contribution in [3.63, 3.8) is 0 Å². The summed E-state index contributed by atoms with van der Waals surface area (Å²) in [5, 5.41) is 0. The second kappa shape index (κ2) is 9.02. The molecule has 2 aromatic rings. The average molecular weight is 338 g/mol. The number of hydrogen-bond donors (Lipinski definition) is 1. The molecule has 2 aromatic carbocycles. The van der Waals surface area contributed by atoms with Crippen LogP contribution in [0.4, 0.5) is 0 Å². The van der Waals surface area contributed by atoms with Crippen molar-refractivity contribution >= 4 is 18.4 Å². The lowest BCUT2D eigenvalue weighted by molar-refractivity contribution is -0.142. The highest BCUT2D eigenvalue weighted by molar-refractivity contribution is 5.85. The molecule has 2 rings (SSSR count). The van der Waals surface area contributed by atoms with E-state index >= 15 is 0 Å². The molecule has 0 aliphatic rings. The van der Waals surface area contributed by atoms with Crippen LogP contribution in [0.1, 0.15) is 17.2 Å². The Morgan fingerprint density at radius 1 is 1.09 bits per heavy atom. The van der Waals surface area contributed by atoms with Gasteiger partial charge in [-0.05, 0) is 23.3 Å². The van der Waals surface area contributed by atoms with Crippen molar-refractivity contribution in [2.24, 2.45) is 5.73 Å². The minimum Gasteiger partial charge on any atom is -0.493 e. The smallest absolute Gasteiger partial charge is 0.327 e. The Morgan fingerprint density at radius 3 is 2.39 bits per heavy atom. The molecule has 5 nitrogen and oxygen atoms in total. The van der Waals surface area contributed by atoms with Crippen LogP contribution >= 0.6 is 12.4 Å². The number of carbonyl (C=O) groups is 1. The first-order chi connectivity index (χ1) is 10.7. The predicted molar refractivity (Wildman–Crippen MR) is 90.0 cm³/mol. The molecule has 0 aromatic heterocycles. The van der Waals surface area contributed by atoms with E-state index in [0.717, 1.165) is 5.56 Å². The molecular formula is C17H20ClNO4. The zero-order valence-corrected chi connectivity index (χ0v) is 13.8. The van der Waals surface area contributed by atoms with Crippen molar-refractivity contribution in [2.75, 3.05) is 14.2 Å². The number of hydrogen-bond acceptors (Lipinski definition) is 5. The fourth-order valence-electron chi connectivity index (χ4n) is 2.00. The maximum atomic E-state index is 11.5. The molecule has 0 radical (unpaired) electrons. The van der Waals surface area contributed by atoms with Gasteiger partial charge in [0.15, 0.2) is 11.5 Å². The van der Waals surface area contributed by atoms with E-state index in [1.165, 1.54) is 7.11 Å². The third kappa shape index (κ3) is 4.87. The third-order valence-corrected chi connectivity index (χ3v) is 3.24. The van der Waals surface area contributed by atoms with Crippen molar-refractivity contribution in [1.29, 1.82) is 0 Å². The second-order valence-electron chi connectivity index (χ2n) is 4.69. The van der Waals surface area contributed by atoms with Gasteiger partial charge in [-0.1, -0.05) is 36.4 Å². The summed E-state index contributed by atoms with van der Waals surface area (Å²) in [5.74, 6) is 0.610. The Labute approximate surface area is 141 Å². The zero-order chi connectivity index (χ0) is 15.9. The summed E-state index contributed by atoms with van der Waals surface area (Å²) < 4.78 is 15.7. The fourth-order valence-corrected chi connectivity index (χ4v) is 2.00. The standard InChI is InChI=1S/C17H19NO4.ClH/c1-20-14-9-8-13(16(18)17(19)21-2)10-15(14)22-11-12-6-4-3-5-7-12;/h3-10,16H,11,18H2,1-2H3;1H/t16-;/m0./s1. The SMILES string of the molecule is COC(=O)[C@@H](N)c1ccc(OC)c(OCc2ccccc2)c1.Cl. The first kappa shape index (κ1) is 18.8. The monoisotopic (exact) mass is 337 g/mol. The second-order valence-corrected chi connectivity index (χ2v) is 4.69. The number of carbonyl (C=O) groups excluding carboxylic acids is 1. The van der Waals surface area contributed by atoms with Gasteiger partial charge in [-0.3, -0.25) is 4.79 Å². The van der Waals surface area contributed by atoms with Crippen LogP contribution in [0, 0.1) is 0 Å². The van der Waals surface area contributed by atoms with Crippen LogP contribution in [0.25, 0.3) is 0 Å². The zero-order valence-electron chi connectivity index (χ0n) is 13.0. The molecule has 1 atom stereocenters. The molecule has 0 aliphatic carbocycles. The van der Waals surface area contributed by atoms with E-state index in [1.807, 2.05) is 30.3 Å². The van der Waals surface area contributed by atoms with Gasteiger partial charge < -0.3 is 19.9 Å². The summed E-state index contributed by atoms with van der Waals surface area (Å²) in [6, 6.07) is 14.1. The normalized spacial score (nSPS) is 11.1. The molecule has 6 heteroatoms. The Bertz CT molecular complexity index is 634. The van der Waals surface area contributed by atoms with E-state index in [9.17, 15) is 4.79 Å². The molecule has 0 heterocycles. The average Bonchev–Trinajstić information content (AvgIpc) is 2.59. The Hall–Kier alpha value is -2.24. The minimum absolute atomic E-state index is 0. The maximum absolute atomic E-state index is 11.5. The molecule has 0 aliphatic heterocycles. The number of nitrogens with two attached hydrogens (primary N) is 1. The van der Waals surface area contributed by atoms with Crippen LogP contribution in [-0.2, 0) is 16.1 Å². The van der Waals surface area contributed by atoms with Gasteiger partial charge in [0.05, 0.1) is 14.2 Å². The summed E-state index contributed by atoms with van der Waals surface area (Å²) in [6.45, 7) is 0.397.